The maximum atomic E-state index is 12.6. The van der Waals surface area contributed by atoms with E-state index in [1.54, 1.807) is 24.3 Å². The van der Waals surface area contributed by atoms with Crippen molar-refractivity contribution < 1.29 is 24.6 Å². The standard InChI is InChI=1S/C17H22S.C14H14N2O5.C3H8/c1-17(2,3)18(4,15-11-7-5-8-12-15)16-13-9-6-10-14-16;17-8-5-11-14(21)16(7-12(18)19)10-4-2-1-3-9(10)13(20)15(11)6-8;1-3-2/h5-14H,1-4H3;1-4,8,11,17H,5-7H2,(H,18,19);3H2,1-2H3. The molecule has 3 aromatic rings. The number of aliphatic hydroxyl groups is 1. The van der Waals surface area contributed by atoms with Gasteiger partial charge in [-0.3, -0.25) is 19.3 Å². The maximum Gasteiger partial charge on any atom is 0.323 e. The molecule has 0 aliphatic carbocycles. The second-order valence-electron chi connectivity index (χ2n) is 11.6. The lowest BCUT2D eigenvalue weighted by Crippen LogP contribution is -2.46. The average molecular weight is 593 g/mol. The van der Waals surface area contributed by atoms with E-state index in [0.29, 0.717) is 5.69 Å². The Labute approximate surface area is 251 Å². The molecule has 0 bridgehead atoms. The predicted molar refractivity (Wildman–Crippen MR) is 171 cm³/mol. The number of hydrogen-bond donors (Lipinski definition) is 2. The minimum Gasteiger partial charge on any atom is -0.480 e. The first kappa shape index (κ1) is 32.9. The lowest BCUT2D eigenvalue weighted by atomic mass is 10.1. The van der Waals surface area contributed by atoms with Gasteiger partial charge in [0.1, 0.15) is 12.6 Å². The SMILES string of the molecule is CC(C)(C)S(C)(c1ccccc1)c1ccccc1.CCC.O=C(O)CN1C(=O)C2CC(O)CN2C(=O)c2ccccc21. The number of para-hydroxylation sites is 1. The molecule has 8 heteroatoms. The number of fused-ring (bicyclic) bond motifs is 2. The van der Waals surface area contributed by atoms with Gasteiger partial charge in [-0.25, -0.2) is 0 Å². The third kappa shape index (κ3) is 7.05. The highest BCUT2D eigenvalue weighted by molar-refractivity contribution is 8.34. The highest BCUT2D eigenvalue weighted by atomic mass is 32.3. The van der Waals surface area contributed by atoms with Gasteiger partial charge in [0.15, 0.2) is 0 Å². The first-order valence-electron chi connectivity index (χ1n) is 14.4. The fourth-order valence-electron chi connectivity index (χ4n) is 5.14. The lowest BCUT2D eigenvalue weighted by molar-refractivity contribution is -0.137. The second-order valence-corrected chi connectivity index (χ2v) is 15.6. The Morgan fingerprint density at radius 2 is 1.36 bits per heavy atom. The van der Waals surface area contributed by atoms with Crippen molar-refractivity contribution in [3.63, 3.8) is 0 Å². The molecular weight excluding hydrogens is 548 g/mol. The molecule has 0 spiro atoms. The number of aliphatic carboxylic acids is 1. The van der Waals surface area contributed by atoms with E-state index in [4.69, 9.17) is 5.11 Å². The van der Waals surface area contributed by atoms with Crippen LogP contribution in [0.3, 0.4) is 0 Å². The molecule has 2 aliphatic rings. The van der Waals surface area contributed by atoms with E-state index < -0.39 is 40.6 Å². The van der Waals surface area contributed by atoms with Gasteiger partial charge < -0.3 is 15.1 Å². The van der Waals surface area contributed by atoms with Crippen LogP contribution in [0.4, 0.5) is 5.69 Å². The number of carbonyl (C=O) groups is 3. The van der Waals surface area contributed by atoms with Crippen LogP contribution >= 0.6 is 10.0 Å². The summed E-state index contributed by atoms with van der Waals surface area (Å²) in [5, 5.41) is 18.7. The summed E-state index contributed by atoms with van der Waals surface area (Å²) < 4.78 is 0.246. The number of nitrogens with zero attached hydrogens (tertiary/aromatic N) is 2. The topological polar surface area (TPSA) is 98.2 Å². The first-order chi connectivity index (χ1) is 19.9. The average Bonchev–Trinajstić information content (AvgIpc) is 3.34. The van der Waals surface area contributed by atoms with E-state index in [1.165, 1.54) is 21.1 Å². The molecule has 1 fully saturated rings. The van der Waals surface area contributed by atoms with Crippen molar-refractivity contribution in [3.05, 3.63) is 90.5 Å². The van der Waals surface area contributed by atoms with Crippen LogP contribution in [-0.4, -0.2) is 69.1 Å². The van der Waals surface area contributed by atoms with Gasteiger partial charge in [0.2, 0.25) is 5.91 Å². The Kier molecular flexibility index (Phi) is 11.0. The minimum atomic E-state index is -1.16. The summed E-state index contributed by atoms with van der Waals surface area (Å²) in [6, 6.07) is 27.5. The van der Waals surface area contributed by atoms with Crippen LogP contribution in [-0.2, 0) is 9.59 Å². The summed E-state index contributed by atoms with van der Waals surface area (Å²) in [4.78, 5) is 41.5. The molecule has 7 nitrogen and oxygen atoms in total. The van der Waals surface area contributed by atoms with Gasteiger partial charge >= 0.3 is 5.97 Å². The molecule has 3 aromatic carbocycles. The van der Waals surface area contributed by atoms with Gasteiger partial charge in [0, 0.05) is 13.0 Å². The van der Waals surface area contributed by atoms with E-state index in [1.807, 2.05) is 0 Å². The molecule has 5 rings (SSSR count). The van der Waals surface area contributed by atoms with E-state index in [2.05, 4.69) is 102 Å². The van der Waals surface area contributed by atoms with Crippen molar-refractivity contribution in [1.29, 1.82) is 0 Å². The Hall–Kier alpha value is -3.62. The van der Waals surface area contributed by atoms with Gasteiger partial charge in [0.25, 0.3) is 5.91 Å². The van der Waals surface area contributed by atoms with Crippen molar-refractivity contribution in [3.8, 4) is 0 Å². The van der Waals surface area contributed by atoms with Gasteiger partial charge in [0.05, 0.1) is 17.4 Å². The van der Waals surface area contributed by atoms with Crippen LogP contribution < -0.4 is 4.90 Å². The van der Waals surface area contributed by atoms with Crippen LogP contribution in [0, 0.1) is 0 Å². The summed E-state index contributed by atoms with van der Waals surface area (Å²) in [5.74, 6) is -1.97. The number of carboxylic acids is 1. The molecule has 2 aliphatic heterocycles. The normalized spacial score (nSPS) is 18.5. The highest BCUT2D eigenvalue weighted by Crippen LogP contribution is 2.67. The van der Waals surface area contributed by atoms with Crippen LogP contribution in [0.1, 0.15) is 57.8 Å². The van der Waals surface area contributed by atoms with Crippen molar-refractivity contribution in [2.24, 2.45) is 0 Å². The molecule has 42 heavy (non-hydrogen) atoms. The van der Waals surface area contributed by atoms with Crippen LogP contribution in [0.2, 0.25) is 0 Å². The number of anilines is 1. The van der Waals surface area contributed by atoms with Crippen molar-refractivity contribution >= 4 is 33.5 Å². The molecule has 0 radical (unpaired) electrons. The zero-order chi connectivity index (χ0) is 31.1. The van der Waals surface area contributed by atoms with Crippen LogP contribution in [0.25, 0.3) is 0 Å². The summed E-state index contributed by atoms with van der Waals surface area (Å²) in [7, 11) is -1.01. The molecule has 0 aromatic heterocycles. The van der Waals surface area contributed by atoms with E-state index >= 15 is 0 Å². The zero-order valence-corrected chi connectivity index (χ0v) is 26.3. The molecule has 2 N–H and O–H groups in total. The molecule has 1 saturated heterocycles. The molecule has 226 valence electrons. The number of amides is 2. The van der Waals surface area contributed by atoms with Gasteiger partial charge in [-0.1, -0.05) is 89.6 Å². The van der Waals surface area contributed by atoms with Crippen LogP contribution in [0.5, 0.6) is 0 Å². The van der Waals surface area contributed by atoms with E-state index in [-0.39, 0.29) is 29.2 Å². The number of benzene rings is 3. The largest absolute Gasteiger partial charge is 0.480 e. The van der Waals surface area contributed by atoms with Crippen molar-refractivity contribution in [1.82, 2.24) is 4.90 Å². The predicted octanol–water partition coefficient (Wildman–Crippen LogP) is 6.45. The molecule has 0 saturated carbocycles. The summed E-state index contributed by atoms with van der Waals surface area (Å²) in [6.45, 7) is 10.9. The Bertz CT molecular complexity index is 1320. The van der Waals surface area contributed by atoms with Crippen molar-refractivity contribution in [2.75, 3.05) is 24.2 Å². The molecule has 2 unspecified atom stereocenters. The number of hydrogen-bond acceptors (Lipinski definition) is 4. The first-order valence-corrected chi connectivity index (χ1v) is 16.4. The monoisotopic (exact) mass is 592 g/mol. The highest BCUT2D eigenvalue weighted by Gasteiger charge is 2.45. The molecular formula is C34H44N2O5S. The summed E-state index contributed by atoms with van der Waals surface area (Å²) in [5.41, 5.74) is 0.586. The third-order valence-corrected chi connectivity index (χ3v) is 12.3. The van der Waals surface area contributed by atoms with E-state index in [9.17, 15) is 19.5 Å². The molecule has 2 amide bonds. The number of aliphatic hydroxyl groups excluding tert-OH is 1. The minimum absolute atomic E-state index is 0.0878. The Morgan fingerprint density at radius 1 is 0.881 bits per heavy atom. The zero-order valence-electron chi connectivity index (χ0n) is 25.5. The smallest absolute Gasteiger partial charge is 0.323 e. The van der Waals surface area contributed by atoms with Crippen molar-refractivity contribution in [2.45, 2.75) is 74.1 Å². The van der Waals surface area contributed by atoms with Gasteiger partial charge in [-0.05, 0) is 57.2 Å². The second kappa shape index (κ2) is 14.0. The number of carbonyl (C=O) groups excluding carboxylic acids is 2. The fourth-order valence-corrected chi connectivity index (χ4v) is 8.23. The fraction of sp³-hybridized carbons (Fsp3) is 0.382. The Morgan fingerprint density at radius 3 is 1.83 bits per heavy atom. The number of rotatable bonds is 4. The van der Waals surface area contributed by atoms with E-state index in [0.717, 1.165) is 4.90 Å². The molecule has 2 heterocycles. The van der Waals surface area contributed by atoms with Crippen LogP contribution in [0.15, 0.2) is 94.7 Å². The maximum absolute atomic E-state index is 12.6. The lowest BCUT2D eigenvalue weighted by Gasteiger charge is -2.48. The third-order valence-electron chi connectivity index (χ3n) is 7.46. The summed E-state index contributed by atoms with van der Waals surface area (Å²) >= 11 is 0. The van der Waals surface area contributed by atoms with Gasteiger partial charge in [-0.15, -0.1) is 0 Å². The van der Waals surface area contributed by atoms with Gasteiger partial charge in [-0.2, -0.15) is 10.0 Å². The molecule has 2 atom stereocenters. The summed E-state index contributed by atoms with van der Waals surface area (Å²) in [6.07, 6.45) is 3.05. The number of carboxylic acid groups (broad SMARTS) is 1. The Balaban J connectivity index is 0.000000213. The quantitative estimate of drug-likeness (QED) is 0.363.